The van der Waals surface area contributed by atoms with Crippen LogP contribution < -0.4 is 16.4 Å². The fraction of sp³-hybridized carbons (Fsp3) is 0.259. The third-order valence-corrected chi connectivity index (χ3v) is 4.70. The monoisotopic (exact) mass is 461 g/mol. The normalized spacial score (nSPS) is 11.1. The lowest BCUT2D eigenvalue weighted by Crippen LogP contribution is -2.22. The van der Waals surface area contributed by atoms with Crippen LogP contribution in [0.1, 0.15) is 36.1 Å². The lowest BCUT2D eigenvalue weighted by Gasteiger charge is -2.07. The number of nitrogen functional groups attached to an aromatic ring is 1. The number of nitrogens with two attached hydrogens (primary N) is 1. The second kappa shape index (κ2) is 14.9. The minimum absolute atomic E-state index is 0.0171. The molecule has 1 heterocycles. The SMILES string of the molecule is C=C/C(=C\C=C(/C)CNC(C)=O)Cc1cncc(C)c1.Cc1ccc(N)c(C(=N)CNC=O)c1. The van der Waals surface area contributed by atoms with Gasteiger partial charge in [-0.25, -0.2) is 0 Å². The first-order valence-corrected chi connectivity index (χ1v) is 10.9. The summed E-state index contributed by atoms with van der Waals surface area (Å²) in [5.74, 6) is -0.0171. The van der Waals surface area contributed by atoms with E-state index in [0.717, 1.165) is 28.7 Å². The number of aromatic nitrogens is 1. The van der Waals surface area contributed by atoms with Gasteiger partial charge in [-0.1, -0.05) is 48.1 Å². The molecule has 0 atom stereocenters. The molecule has 0 bridgehead atoms. The Bertz CT molecular complexity index is 1070. The molecule has 7 heteroatoms. The molecule has 2 aromatic rings. The number of carbonyl (C=O) groups excluding carboxylic acids is 2. The van der Waals surface area contributed by atoms with Gasteiger partial charge in [0.25, 0.3) is 0 Å². The molecule has 2 rings (SSSR count). The van der Waals surface area contributed by atoms with Gasteiger partial charge < -0.3 is 21.8 Å². The third-order valence-electron chi connectivity index (χ3n) is 4.70. The number of pyridine rings is 1. The number of nitrogens with one attached hydrogen (secondary N) is 3. The van der Waals surface area contributed by atoms with Crippen molar-refractivity contribution in [2.75, 3.05) is 18.8 Å². The highest BCUT2D eigenvalue weighted by atomic mass is 16.1. The molecule has 0 aliphatic carbocycles. The molecule has 0 radical (unpaired) electrons. The van der Waals surface area contributed by atoms with Crippen molar-refractivity contribution < 1.29 is 9.59 Å². The zero-order chi connectivity index (χ0) is 25.5. The summed E-state index contributed by atoms with van der Waals surface area (Å²) in [5.41, 5.74) is 12.9. The maximum Gasteiger partial charge on any atom is 0.217 e. The van der Waals surface area contributed by atoms with Crippen LogP contribution in [0, 0.1) is 19.3 Å². The predicted molar refractivity (Wildman–Crippen MR) is 140 cm³/mol. The summed E-state index contributed by atoms with van der Waals surface area (Å²) in [6.07, 6.45) is 11.0. The second-order valence-electron chi connectivity index (χ2n) is 7.98. The van der Waals surface area contributed by atoms with Gasteiger partial charge in [0.1, 0.15) is 0 Å². The predicted octanol–water partition coefficient (Wildman–Crippen LogP) is 3.82. The van der Waals surface area contributed by atoms with Gasteiger partial charge in [0.2, 0.25) is 12.3 Å². The molecule has 0 aliphatic heterocycles. The number of anilines is 1. The molecular formula is C27H35N5O2. The number of nitrogens with zero attached hydrogens (tertiary/aromatic N) is 1. The van der Waals surface area contributed by atoms with Crippen LogP contribution in [0.15, 0.2) is 72.6 Å². The standard InChI is InChI=1S/C17H22N2O.C10H13N3O/c1-5-16(7-6-13(2)11-19-15(4)20)9-17-8-14(3)10-18-12-17;1-7-2-3-9(11)8(4-7)10(12)5-13-6-14/h5-8,10,12H,1,9,11H2,2-4H3,(H,19,20);2-4,6,12H,5,11H2,1H3,(H,13,14)/b13-6+,16-7+;. The third kappa shape index (κ3) is 11.0. The lowest BCUT2D eigenvalue weighted by atomic mass is 10.0. The van der Waals surface area contributed by atoms with Gasteiger partial charge >= 0.3 is 0 Å². The van der Waals surface area contributed by atoms with Crippen LogP contribution in [0.2, 0.25) is 0 Å². The molecule has 5 N–H and O–H groups in total. The highest BCUT2D eigenvalue weighted by molar-refractivity contribution is 6.04. The Balaban J connectivity index is 0.000000362. The van der Waals surface area contributed by atoms with Gasteiger partial charge in [0.15, 0.2) is 0 Å². The quantitative estimate of drug-likeness (QED) is 0.186. The average molecular weight is 462 g/mol. The van der Waals surface area contributed by atoms with Gasteiger partial charge in [-0.15, -0.1) is 0 Å². The Hall–Kier alpha value is -4.00. The number of benzene rings is 1. The van der Waals surface area contributed by atoms with E-state index < -0.39 is 0 Å². The maximum absolute atomic E-state index is 10.8. The summed E-state index contributed by atoms with van der Waals surface area (Å²) in [6, 6.07) is 7.61. The number of allylic oxidation sites excluding steroid dienone is 4. The molecular weight excluding hydrogens is 426 g/mol. The summed E-state index contributed by atoms with van der Waals surface area (Å²) >= 11 is 0. The van der Waals surface area contributed by atoms with Crippen LogP contribution >= 0.6 is 0 Å². The molecule has 7 nitrogen and oxygen atoms in total. The molecule has 1 aromatic carbocycles. The second-order valence-corrected chi connectivity index (χ2v) is 7.98. The van der Waals surface area contributed by atoms with Crippen LogP contribution in [0.4, 0.5) is 5.69 Å². The number of rotatable bonds is 10. The highest BCUT2D eigenvalue weighted by Gasteiger charge is 2.05. The van der Waals surface area contributed by atoms with Gasteiger partial charge in [-0.05, 0) is 56.0 Å². The Morgan fingerprint density at radius 3 is 2.47 bits per heavy atom. The van der Waals surface area contributed by atoms with Crippen LogP contribution in [-0.2, 0) is 16.0 Å². The van der Waals surface area contributed by atoms with Crippen molar-refractivity contribution in [3.8, 4) is 0 Å². The van der Waals surface area contributed by atoms with Crippen molar-refractivity contribution in [1.29, 1.82) is 5.41 Å². The first-order chi connectivity index (χ1) is 16.2. The van der Waals surface area contributed by atoms with Crippen molar-refractivity contribution >= 4 is 23.7 Å². The molecule has 0 spiro atoms. The molecule has 2 amide bonds. The van der Waals surface area contributed by atoms with Gasteiger partial charge in [0.05, 0.1) is 12.3 Å². The van der Waals surface area contributed by atoms with E-state index in [1.54, 1.807) is 6.07 Å². The fourth-order valence-corrected chi connectivity index (χ4v) is 2.89. The number of hydrogen-bond donors (Lipinski definition) is 4. The average Bonchev–Trinajstić information content (AvgIpc) is 2.80. The molecule has 1 aromatic heterocycles. The zero-order valence-corrected chi connectivity index (χ0v) is 20.4. The first-order valence-electron chi connectivity index (χ1n) is 10.9. The van der Waals surface area contributed by atoms with Gasteiger partial charge in [-0.2, -0.15) is 0 Å². The summed E-state index contributed by atoms with van der Waals surface area (Å²) < 4.78 is 0. The summed E-state index contributed by atoms with van der Waals surface area (Å²) in [4.78, 5) is 25.1. The van der Waals surface area contributed by atoms with Crippen LogP contribution in [0.3, 0.4) is 0 Å². The Kier molecular flexibility index (Phi) is 12.3. The fourth-order valence-electron chi connectivity index (χ4n) is 2.89. The zero-order valence-electron chi connectivity index (χ0n) is 20.4. The topological polar surface area (TPSA) is 121 Å². The smallest absolute Gasteiger partial charge is 0.217 e. The Morgan fingerprint density at radius 2 is 1.85 bits per heavy atom. The Labute approximate surface area is 202 Å². The minimum atomic E-state index is -0.0171. The van der Waals surface area contributed by atoms with Gasteiger partial charge in [0, 0.05) is 37.1 Å². The van der Waals surface area contributed by atoms with Crippen molar-refractivity contribution in [3.05, 3.63) is 94.9 Å². The van der Waals surface area contributed by atoms with E-state index in [2.05, 4.69) is 28.3 Å². The van der Waals surface area contributed by atoms with Crippen LogP contribution in [0.5, 0.6) is 0 Å². The number of carbonyl (C=O) groups is 2. The summed E-state index contributed by atoms with van der Waals surface area (Å²) in [7, 11) is 0. The highest BCUT2D eigenvalue weighted by Crippen LogP contribution is 2.14. The molecule has 34 heavy (non-hydrogen) atoms. The summed E-state index contributed by atoms with van der Waals surface area (Å²) in [5, 5.41) is 12.9. The largest absolute Gasteiger partial charge is 0.398 e. The van der Waals surface area contributed by atoms with E-state index in [-0.39, 0.29) is 12.5 Å². The van der Waals surface area contributed by atoms with E-state index in [1.807, 2.05) is 63.5 Å². The number of amides is 2. The Morgan fingerprint density at radius 1 is 1.12 bits per heavy atom. The van der Waals surface area contributed by atoms with Crippen molar-refractivity contribution in [2.45, 2.75) is 34.1 Å². The van der Waals surface area contributed by atoms with E-state index in [9.17, 15) is 9.59 Å². The lowest BCUT2D eigenvalue weighted by molar-refractivity contribution is -0.118. The molecule has 0 unspecified atom stereocenters. The van der Waals surface area contributed by atoms with Crippen molar-refractivity contribution in [1.82, 2.24) is 15.6 Å². The van der Waals surface area contributed by atoms with E-state index in [1.165, 1.54) is 12.5 Å². The van der Waals surface area contributed by atoms with E-state index in [0.29, 0.717) is 29.9 Å². The van der Waals surface area contributed by atoms with Gasteiger partial charge in [-0.3, -0.25) is 14.6 Å². The molecule has 0 aliphatic rings. The molecule has 180 valence electrons. The first kappa shape index (κ1) is 28.0. The number of aryl methyl sites for hydroxylation is 2. The van der Waals surface area contributed by atoms with Crippen LogP contribution in [0.25, 0.3) is 0 Å². The minimum Gasteiger partial charge on any atom is -0.398 e. The molecule has 0 fully saturated rings. The van der Waals surface area contributed by atoms with E-state index >= 15 is 0 Å². The van der Waals surface area contributed by atoms with Crippen molar-refractivity contribution in [2.24, 2.45) is 0 Å². The van der Waals surface area contributed by atoms with Crippen LogP contribution in [-0.4, -0.2) is 36.1 Å². The summed E-state index contributed by atoms with van der Waals surface area (Å²) in [6.45, 7) is 12.1. The number of hydrogen-bond acceptors (Lipinski definition) is 5. The molecule has 0 saturated carbocycles. The molecule has 0 saturated heterocycles. The van der Waals surface area contributed by atoms with Crippen molar-refractivity contribution in [3.63, 3.8) is 0 Å². The maximum atomic E-state index is 10.8. The van der Waals surface area contributed by atoms with E-state index in [4.69, 9.17) is 11.1 Å².